The van der Waals surface area contributed by atoms with Crippen LogP contribution in [-0.4, -0.2) is 21.6 Å². The molecule has 0 bridgehead atoms. The van der Waals surface area contributed by atoms with Gasteiger partial charge in [0, 0.05) is 18.8 Å². The lowest BCUT2D eigenvalue weighted by Crippen LogP contribution is -2.04. The fraction of sp³-hybridized carbons (Fsp3) is 0.167. The van der Waals surface area contributed by atoms with Crippen molar-refractivity contribution in [3.63, 3.8) is 0 Å². The molecule has 3 N–H and O–H groups in total. The van der Waals surface area contributed by atoms with Gasteiger partial charge in [0.15, 0.2) is 11.6 Å². The number of pyridine rings is 3. The first kappa shape index (κ1) is 18.4. The standard InChI is InChI=1S/C18H16F3N5O/c1-10-12(6-11-4-5-24-17(22)16(11)19)7-23-9-14(10)26-15-3-2-13(8-25-15)27-18(20)21/h2-5,7-9,18H,6H2,1H3,(H2,22,24)(H,25,26). The van der Waals surface area contributed by atoms with Gasteiger partial charge in [-0.25, -0.2) is 14.4 Å². The average molecular weight is 375 g/mol. The Morgan fingerprint density at radius 1 is 1.11 bits per heavy atom. The maximum atomic E-state index is 14.1. The molecule has 140 valence electrons. The molecule has 0 amide bonds. The summed E-state index contributed by atoms with van der Waals surface area (Å²) in [5, 5.41) is 3.06. The van der Waals surface area contributed by atoms with Gasteiger partial charge in [0.05, 0.1) is 18.1 Å². The highest BCUT2D eigenvalue weighted by Crippen LogP contribution is 2.25. The molecule has 3 aromatic rings. The van der Waals surface area contributed by atoms with E-state index in [9.17, 15) is 13.2 Å². The van der Waals surface area contributed by atoms with Gasteiger partial charge in [0.1, 0.15) is 11.6 Å². The number of nitrogens with one attached hydrogen (secondary N) is 1. The Morgan fingerprint density at radius 3 is 2.63 bits per heavy atom. The summed E-state index contributed by atoms with van der Waals surface area (Å²) in [6.45, 7) is -1.05. The maximum Gasteiger partial charge on any atom is 0.387 e. The van der Waals surface area contributed by atoms with Crippen molar-refractivity contribution >= 4 is 17.3 Å². The van der Waals surface area contributed by atoms with Crippen LogP contribution in [0.5, 0.6) is 5.75 Å². The SMILES string of the molecule is Cc1c(Cc2ccnc(N)c2F)cncc1Nc1ccc(OC(F)F)cn1. The highest BCUT2D eigenvalue weighted by molar-refractivity contribution is 5.61. The van der Waals surface area contributed by atoms with Gasteiger partial charge in [-0.15, -0.1) is 0 Å². The first-order valence-corrected chi connectivity index (χ1v) is 7.94. The van der Waals surface area contributed by atoms with Crippen molar-refractivity contribution in [2.75, 3.05) is 11.1 Å². The number of ether oxygens (including phenoxy) is 1. The molecule has 0 unspecified atom stereocenters. The molecule has 0 aliphatic rings. The van der Waals surface area contributed by atoms with Gasteiger partial charge in [-0.2, -0.15) is 8.78 Å². The molecule has 0 aliphatic heterocycles. The first-order chi connectivity index (χ1) is 12.9. The Hall–Kier alpha value is -3.36. The van der Waals surface area contributed by atoms with Crippen LogP contribution in [0.3, 0.4) is 0 Å². The zero-order valence-corrected chi connectivity index (χ0v) is 14.3. The molecule has 0 spiro atoms. The zero-order valence-electron chi connectivity index (χ0n) is 14.3. The minimum atomic E-state index is -2.91. The van der Waals surface area contributed by atoms with Gasteiger partial charge in [-0.05, 0) is 41.8 Å². The second-order valence-electron chi connectivity index (χ2n) is 5.70. The normalized spacial score (nSPS) is 10.9. The van der Waals surface area contributed by atoms with Crippen molar-refractivity contribution < 1.29 is 17.9 Å². The summed E-state index contributed by atoms with van der Waals surface area (Å²) >= 11 is 0. The van der Waals surface area contributed by atoms with Gasteiger partial charge < -0.3 is 15.8 Å². The third kappa shape index (κ3) is 4.43. The van der Waals surface area contributed by atoms with Crippen molar-refractivity contribution in [1.82, 2.24) is 15.0 Å². The van der Waals surface area contributed by atoms with Crippen molar-refractivity contribution in [2.45, 2.75) is 20.0 Å². The molecule has 0 saturated heterocycles. The number of nitrogens with zero attached hydrogens (tertiary/aromatic N) is 3. The monoisotopic (exact) mass is 375 g/mol. The van der Waals surface area contributed by atoms with E-state index in [-0.39, 0.29) is 11.6 Å². The van der Waals surface area contributed by atoms with Crippen molar-refractivity contribution in [1.29, 1.82) is 0 Å². The molecular formula is C18H16F3N5O. The van der Waals surface area contributed by atoms with Crippen LogP contribution in [0.15, 0.2) is 43.0 Å². The summed E-state index contributed by atoms with van der Waals surface area (Å²) in [5.41, 5.74) is 8.21. The van der Waals surface area contributed by atoms with Crippen molar-refractivity contribution in [3.8, 4) is 5.75 Å². The average Bonchev–Trinajstić information content (AvgIpc) is 2.63. The number of nitrogen functional groups attached to an aromatic ring is 1. The van der Waals surface area contributed by atoms with E-state index in [4.69, 9.17) is 5.73 Å². The molecule has 0 aromatic carbocycles. The van der Waals surface area contributed by atoms with Gasteiger partial charge in [-0.3, -0.25) is 4.98 Å². The van der Waals surface area contributed by atoms with Gasteiger partial charge in [0.2, 0.25) is 0 Å². The molecule has 0 fully saturated rings. The fourth-order valence-electron chi connectivity index (χ4n) is 2.48. The van der Waals surface area contributed by atoms with E-state index in [0.29, 0.717) is 23.5 Å². The van der Waals surface area contributed by atoms with E-state index in [1.165, 1.54) is 24.5 Å². The van der Waals surface area contributed by atoms with Crippen LogP contribution in [0.2, 0.25) is 0 Å². The minimum absolute atomic E-state index is 0.0371. The second-order valence-corrected chi connectivity index (χ2v) is 5.70. The Morgan fingerprint density at radius 2 is 1.93 bits per heavy atom. The van der Waals surface area contributed by atoms with Gasteiger partial charge in [0.25, 0.3) is 0 Å². The number of hydrogen-bond donors (Lipinski definition) is 2. The lowest BCUT2D eigenvalue weighted by atomic mass is 10.0. The number of aromatic nitrogens is 3. The predicted octanol–water partition coefficient (Wildman–Crippen LogP) is 3.84. The number of anilines is 3. The molecule has 3 aromatic heterocycles. The highest BCUT2D eigenvalue weighted by Gasteiger charge is 2.12. The summed E-state index contributed by atoms with van der Waals surface area (Å²) < 4.78 is 42.7. The van der Waals surface area contributed by atoms with Gasteiger partial charge in [-0.1, -0.05) is 0 Å². The Labute approximate surface area is 153 Å². The Kier molecular flexibility index (Phi) is 5.39. The third-order valence-corrected chi connectivity index (χ3v) is 3.92. The number of alkyl halides is 2. The molecule has 0 radical (unpaired) electrons. The van der Waals surface area contributed by atoms with E-state index >= 15 is 0 Å². The van der Waals surface area contributed by atoms with Crippen molar-refractivity contribution in [3.05, 3.63) is 65.5 Å². The first-order valence-electron chi connectivity index (χ1n) is 7.94. The van der Waals surface area contributed by atoms with Crippen LogP contribution in [-0.2, 0) is 6.42 Å². The largest absolute Gasteiger partial charge is 0.433 e. The van der Waals surface area contributed by atoms with E-state index < -0.39 is 12.4 Å². The number of hydrogen-bond acceptors (Lipinski definition) is 6. The number of halogens is 3. The summed E-state index contributed by atoms with van der Waals surface area (Å²) in [6.07, 6.45) is 6.17. The van der Waals surface area contributed by atoms with E-state index in [2.05, 4.69) is 25.0 Å². The molecule has 0 saturated carbocycles. The molecule has 6 nitrogen and oxygen atoms in total. The molecular weight excluding hydrogens is 359 g/mol. The molecule has 3 heterocycles. The Balaban J connectivity index is 1.79. The fourth-order valence-corrected chi connectivity index (χ4v) is 2.48. The van der Waals surface area contributed by atoms with E-state index in [1.807, 2.05) is 6.92 Å². The van der Waals surface area contributed by atoms with Crippen LogP contribution in [0.4, 0.5) is 30.5 Å². The summed E-state index contributed by atoms with van der Waals surface area (Å²) in [7, 11) is 0. The molecule has 3 rings (SSSR count). The highest BCUT2D eigenvalue weighted by atomic mass is 19.3. The quantitative estimate of drug-likeness (QED) is 0.681. The van der Waals surface area contributed by atoms with Crippen LogP contribution in [0.25, 0.3) is 0 Å². The number of rotatable bonds is 6. The van der Waals surface area contributed by atoms with Crippen LogP contribution in [0.1, 0.15) is 16.7 Å². The van der Waals surface area contributed by atoms with Crippen molar-refractivity contribution in [2.24, 2.45) is 0 Å². The Bertz CT molecular complexity index is 935. The predicted molar refractivity (Wildman–Crippen MR) is 94.5 cm³/mol. The molecule has 27 heavy (non-hydrogen) atoms. The molecule has 9 heteroatoms. The summed E-state index contributed by atoms with van der Waals surface area (Å²) in [6, 6.07) is 4.45. The third-order valence-electron chi connectivity index (χ3n) is 3.92. The minimum Gasteiger partial charge on any atom is -0.433 e. The van der Waals surface area contributed by atoms with Gasteiger partial charge >= 0.3 is 6.61 Å². The lowest BCUT2D eigenvalue weighted by Gasteiger charge is -2.13. The summed E-state index contributed by atoms with van der Waals surface area (Å²) in [4.78, 5) is 11.9. The molecule has 0 atom stereocenters. The van der Waals surface area contributed by atoms with Crippen LogP contribution >= 0.6 is 0 Å². The molecule has 0 aliphatic carbocycles. The zero-order chi connectivity index (χ0) is 19.4. The lowest BCUT2D eigenvalue weighted by molar-refractivity contribution is -0.0500. The topological polar surface area (TPSA) is 86.0 Å². The van der Waals surface area contributed by atoms with E-state index in [1.54, 1.807) is 18.5 Å². The number of nitrogens with two attached hydrogens (primary N) is 1. The summed E-state index contributed by atoms with van der Waals surface area (Å²) in [5.74, 6) is -0.308. The maximum absolute atomic E-state index is 14.1. The van der Waals surface area contributed by atoms with E-state index in [0.717, 1.165) is 11.1 Å². The van der Waals surface area contributed by atoms with Crippen LogP contribution < -0.4 is 15.8 Å². The van der Waals surface area contributed by atoms with Crippen LogP contribution in [0, 0.1) is 12.7 Å². The smallest absolute Gasteiger partial charge is 0.387 e. The second kappa shape index (κ2) is 7.90.